The van der Waals surface area contributed by atoms with Crippen LogP contribution in [0, 0.1) is 0 Å². The molecule has 20 heavy (non-hydrogen) atoms. The zero-order valence-electron chi connectivity index (χ0n) is 11.9. The Morgan fingerprint density at radius 3 is 2.30 bits per heavy atom. The quantitative estimate of drug-likeness (QED) is 0.231. The average Bonchev–Trinajstić information content (AvgIpc) is 2.35. The van der Waals surface area contributed by atoms with Gasteiger partial charge in [0.15, 0.2) is 12.5 Å². The van der Waals surface area contributed by atoms with E-state index in [0.29, 0.717) is 27.3 Å². The van der Waals surface area contributed by atoms with E-state index in [1.165, 1.54) is 0 Å². The van der Waals surface area contributed by atoms with E-state index < -0.39 is 8.07 Å². The zero-order valence-corrected chi connectivity index (χ0v) is 17.7. The first-order valence-electron chi connectivity index (χ1n) is 6.05. The Balaban J connectivity index is 2.62. The van der Waals surface area contributed by atoms with Crippen LogP contribution in [0.4, 0.5) is 0 Å². The molecule has 114 valence electrons. The minimum atomic E-state index is -1.07. The molecule has 4 nitrogen and oxygen atoms in total. The third-order valence-electron chi connectivity index (χ3n) is 2.44. The van der Waals surface area contributed by atoms with Crippen LogP contribution in [-0.2, 0) is 4.74 Å². The second-order valence-electron chi connectivity index (χ2n) is 5.35. The monoisotopic (exact) mass is 489 g/mol. The van der Waals surface area contributed by atoms with Crippen LogP contribution in [0.5, 0.6) is 11.6 Å². The highest BCUT2D eigenvalue weighted by molar-refractivity contribution is 9.13. The summed E-state index contributed by atoms with van der Waals surface area (Å²) in [4.78, 5) is 4.21. The Morgan fingerprint density at radius 1 is 1.10 bits per heavy atom. The molecule has 1 aromatic heterocycles. The largest absolute Gasteiger partial charge is 0.480 e. The van der Waals surface area contributed by atoms with Gasteiger partial charge in [-0.25, -0.2) is 4.98 Å². The standard InChI is InChI=1S/C12H18Br3NO3Si/c1-17-12-9(14)10(8(13)11(15)16-12)19-7-18-5-6-20(2,3)4/h5-7H2,1-4H3. The molecule has 0 atom stereocenters. The number of pyridine rings is 1. The lowest BCUT2D eigenvalue weighted by atomic mass is 10.4. The highest BCUT2D eigenvalue weighted by Gasteiger charge is 2.18. The number of methoxy groups -OCH3 is 1. The van der Waals surface area contributed by atoms with Crippen molar-refractivity contribution >= 4 is 55.9 Å². The third-order valence-corrected chi connectivity index (χ3v) is 6.69. The maximum Gasteiger partial charge on any atom is 0.232 e. The molecular weight excluding hydrogens is 474 g/mol. The highest BCUT2D eigenvalue weighted by atomic mass is 79.9. The van der Waals surface area contributed by atoms with Gasteiger partial charge in [-0.15, -0.1) is 0 Å². The molecule has 0 amide bonds. The number of hydrogen-bond donors (Lipinski definition) is 0. The summed E-state index contributed by atoms with van der Waals surface area (Å²) in [5, 5.41) is 0. The van der Waals surface area contributed by atoms with E-state index >= 15 is 0 Å². The van der Waals surface area contributed by atoms with E-state index in [4.69, 9.17) is 14.2 Å². The van der Waals surface area contributed by atoms with Gasteiger partial charge in [-0.2, -0.15) is 0 Å². The van der Waals surface area contributed by atoms with Gasteiger partial charge < -0.3 is 14.2 Å². The molecule has 0 fully saturated rings. The zero-order chi connectivity index (χ0) is 15.3. The van der Waals surface area contributed by atoms with E-state index in [1.807, 2.05) is 0 Å². The van der Waals surface area contributed by atoms with E-state index in [2.05, 4.69) is 72.4 Å². The van der Waals surface area contributed by atoms with Gasteiger partial charge in [-0.05, 0) is 53.8 Å². The van der Waals surface area contributed by atoms with Crippen molar-refractivity contribution in [3.63, 3.8) is 0 Å². The molecule has 0 aliphatic heterocycles. The maximum absolute atomic E-state index is 5.66. The van der Waals surface area contributed by atoms with E-state index in [0.717, 1.165) is 10.5 Å². The summed E-state index contributed by atoms with van der Waals surface area (Å²) < 4.78 is 18.4. The fraction of sp³-hybridized carbons (Fsp3) is 0.583. The number of ether oxygens (including phenoxy) is 3. The first-order valence-corrected chi connectivity index (χ1v) is 12.1. The number of hydrogen-bond acceptors (Lipinski definition) is 4. The summed E-state index contributed by atoms with van der Waals surface area (Å²) in [6.45, 7) is 7.86. The number of rotatable bonds is 7. The molecule has 0 unspecified atom stereocenters. The van der Waals surface area contributed by atoms with E-state index in [1.54, 1.807) is 7.11 Å². The Bertz CT molecular complexity index is 466. The van der Waals surface area contributed by atoms with E-state index in [-0.39, 0.29) is 6.79 Å². The molecule has 0 N–H and O–H groups in total. The summed E-state index contributed by atoms with van der Waals surface area (Å²) in [5.41, 5.74) is 0. The van der Waals surface area contributed by atoms with Crippen molar-refractivity contribution in [3.8, 4) is 11.6 Å². The lowest BCUT2D eigenvalue weighted by Gasteiger charge is -2.16. The Morgan fingerprint density at radius 2 is 1.75 bits per heavy atom. The third kappa shape index (κ3) is 5.63. The molecule has 0 saturated heterocycles. The van der Waals surface area contributed by atoms with Gasteiger partial charge >= 0.3 is 0 Å². The van der Waals surface area contributed by atoms with Gasteiger partial charge in [0.2, 0.25) is 5.88 Å². The molecular formula is C12H18Br3NO3Si. The molecule has 0 aliphatic rings. The van der Waals surface area contributed by atoms with Crippen LogP contribution in [0.2, 0.25) is 25.7 Å². The minimum absolute atomic E-state index is 0.196. The summed E-state index contributed by atoms with van der Waals surface area (Å²) >= 11 is 10.2. The molecule has 0 aromatic carbocycles. The van der Waals surface area contributed by atoms with E-state index in [9.17, 15) is 0 Å². The van der Waals surface area contributed by atoms with Crippen molar-refractivity contribution in [3.05, 3.63) is 13.5 Å². The molecule has 0 bridgehead atoms. The summed E-state index contributed by atoms with van der Waals surface area (Å²) in [6.07, 6.45) is 0. The van der Waals surface area contributed by atoms with Crippen LogP contribution >= 0.6 is 47.8 Å². The Kier molecular flexibility index (Phi) is 7.48. The Hall–Kier alpha value is 0.367. The second kappa shape index (κ2) is 8.12. The average molecular weight is 492 g/mol. The van der Waals surface area contributed by atoms with Crippen LogP contribution in [0.3, 0.4) is 0 Å². The smallest absolute Gasteiger partial charge is 0.232 e. The fourth-order valence-corrected chi connectivity index (χ4v) is 3.60. The first-order chi connectivity index (χ1) is 9.26. The van der Waals surface area contributed by atoms with Crippen molar-refractivity contribution in [1.29, 1.82) is 0 Å². The van der Waals surface area contributed by atoms with Gasteiger partial charge in [-0.3, -0.25) is 0 Å². The number of halogens is 3. The van der Waals surface area contributed by atoms with Crippen molar-refractivity contribution in [2.45, 2.75) is 25.7 Å². The van der Waals surface area contributed by atoms with Crippen LogP contribution < -0.4 is 9.47 Å². The van der Waals surface area contributed by atoms with Gasteiger partial charge in [0.1, 0.15) is 9.08 Å². The van der Waals surface area contributed by atoms with Gasteiger partial charge in [0.05, 0.1) is 11.6 Å². The lowest BCUT2D eigenvalue weighted by molar-refractivity contribution is 0.0208. The van der Waals surface area contributed by atoms with Crippen LogP contribution in [0.1, 0.15) is 0 Å². The molecule has 0 spiro atoms. The van der Waals surface area contributed by atoms with Crippen molar-refractivity contribution < 1.29 is 14.2 Å². The molecule has 0 radical (unpaired) electrons. The van der Waals surface area contributed by atoms with Crippen LogP contribution in [-0.4, -0.2) is 33.6 Å². The minimum Gasteiger partial charge on any atom is -0.480 e. The van der Waals surface area contributed by atoms with Crippen molar-refractivity contribution in [2.75, 3.05) is 20.5 Å². The molecule has 1 rings (SSSR count). The second-order valence-corrected chi connectivity index (χ2v) is 13.3. The normalized spacial score (nSPS) is 11.6. The van der Waals surface area contributed by atoms with Crippen LogP contribution in [0.15, 0.2) is 13.5 Å². The topological polar surface area (TPSA) is 40.6 Å². The predicted octanol–water partition coefficient (Wildman–Crippen LogP) is 5.07. The summed E-state index contributed by atoms with van der Waals surface area (Å²) in [5.74, 6) is 1.06. The molecule has 0 aliphatic carbocycles. The van der Waals surface area contributed by atoms with Gasteiger partial charge in [-0.1, -0.05) is 19.6 Å². The van der Waals surface area contributed by atoms with Gasteiger partial charge in [0.25, 0.3) is 0 Å². The fourth-order valence-electron chi connectivity index (χ4n) is 1.27. The maximum atomic E-state index is 5.66. The molecule has 1 heterocycles. The summed E-state index contributed by atoms with van der Waals surface area (Å²) in [7, 11) is 0.489. The molecule has 8 heteroatoms. The van der Waals surface area contributed by atoms with Gasteiger partial charge in [0, 0.05) is 14.7 Å². The Labute approximate surface area is 146 Å². The van der Waals surface area contributed by atoms with Crippen LogP contribution in [0.25, 0.3) is 0 Å². The summed E-state index contributed by atoms with van der Waals surface area (Å²) in [6, 6.07) is 1.11. The predicted molar refractivity (Wildman–Crippen MR) is 93.5 cm³/mol. The van der Waals surface area contributed by atoms with Crippen molar-refractivity contribution in [1.82, 2.24) is 4.98 Å². The SMILES string of the molecule is COc1nc(Br)c(Br)c(OCOCC[Si](C)(C)C)c1Br. The number of aromatic nitrogens is 1. The highest BCUT2D eigenvalue weighted by Crippen LogP contribution is 2.42. The molecule has 0 saturated carbocycles. The van der Waals surface area contributed by atoms with Crippen molar-refractivity contribution in [2.24, 2.45) is 0 Å². The molecule has 1 aromatic rings. The lowest BCUT2D eigenvalue weighted by Crippen LogP contribution is -2.22. The number of nitrogens with zero attached hydrogens (tertiary/aromatic N) is 1. The first kappa shape index (κ1) is 18.4.